The SMILES string of the molecule is Cc1cc(C(F)(F)F)n(CC(=O)NCc2ccc(F)cc2)n1. The zero-order chi connectivity index (χ0) is 16.3. The highest BCUT2D eigenvalue weighted by Crippen LogP contribution is 2.29. The van der Waals surface area contributed by atoms with E-state index in [2.05, 4.69) is 10.4 Å². The van der Waals surface area contributed by atoms with Crippen molar-refractivity contribution in [2.45, 2.75) is 26.2 Å². The van der Waals surface area contributed by atoms with E-state index in [0.29, 0.717) is 10.2 Å². The van der Waals surface area contributed by atoms with Gasteiger partial charge in [0, 0.05) is 6.54 Å². The molecule has 2 rings (SSSR count). The number of nitrogens with zero attached hydrogens (tertiary/aromatic N) is 2. The van der Waals surface area contributed by atoms with Crippen molar-refractivity contribution >= 4 is 5.91 Å². The van der Waals surface area contributed by atoms with Crippen LogP contribution in [0.25, 0.3) is 0 Å². The van der Waals surface area contributed by atoms with Crippen molar-refractivity contribution in [3.05, 3.63) is 53.1 Å². The van der Waals surface area contributed by atoms with Crippen LogP contribution >= 0.6 is 0 Å². The van der Waals surface area contributed by atoms with Crippen LogP contribution in [0.5, 0.6) is 0 Å². The summed E-state index contributed by atoms with van der Waals surface area (Å²) in [4.78, 5) is 11.7. The number of carbonyl (C=O) groups excluding carboxylic acids is 1. The van der Waals surface area contributed by atoms with Gasteiger partial charge in [-0.05, 0) is 30.7 Å². The first-order valence-corrected chi connectivity index (χ1v) is 6.38. The van der Waals surface area contributed by atoms with Gasteiger partial charge in [0.25, 0.3) is 0 Å². The molecule has 0 aliphatic carbocycles. The highest BCUT2D eigenvalue weighted by molar-refractivity contribution is 5.75. The second-order valence-electron chi connectivity index (χ2n) is 4.73. The number of alkyl halides is 3. The molecule has 0 atom stereocenters. The summed E-state index contributed by atoms with van der Waals surface area (Å²) in [5.74, 6) is -1.02. The maximum atomic E-state index is 12.8. The van der Waals surface area contributed by atoms with Gasteiger partial charge >= 0.3 is 6.18 Å². The largest absolute Gasteiger partial charge is 0.433 e. The lowest BCUT2D eigenvalue weighted by molar-refractivity contribution is -0.144. The van der Waals surface area contributed by atoms with Crippen LogP contribution in [-0.4, -0.2) is 15.7 Å². The van der Waals surface area contributed by atoms with Crippen molar-refractivity contribution in [3.8, 4) is 0 Å². The van der Waals surface area contributed by atoms with Gasteiger partial charge in [0.1, 0.15) is 18.1 Å². The molecular formula is C14H13F4N3O. The van der Waals surface area contributed by atoms with Crippen molar-refractivity contribution < 1.29 is 22.4 Å². The second-order valence-corrected chi connectivity index (χ2v) is 4.73. The molecule has 2 aromatic rings. The zero-order valence-electron chi connectivity index (χ0n) is 11.6. The van der Waals surface area contributed by atoms with Gasteiger partial charge in [-0.3, -0.25) is 9.48 Å². The van der Waals surface area contributed by atoms with E-state index >= 15 is 0 Å². The third kappa shape index (κ3) is 4.06. The summed E-state index contributed by atoms with van der Waals surface area (Å²) in [6, 6.07) is 6.32. The fraction of sp³-hybridized carbons (Fsp3) is 0.286. The molecule has 0 fully saturated rings. The fourth-order valence-corrected chi connectivity index (χ4v) is 1.89. The van der Waals surface area contributed by atoms with Crippen molar-refractivity contribution in [3.63, 3.8) is 0 Å². The minimum Gasteiger partial charge on any atom is -0.350 e. The number of halogens is 4. The Bertz CT molecular complexity index is 662. The molecule has 1 heterocycles. The molecule has 0 aliphatic heterocycles. The van der Waals surface area contributed by atoms with Crippen LogP contribution in [0.4, 0.5) is 17.6 Å². The lowest BCUT2D eigenvalue weighted by Crippen LogP contribution is -2.29. The average Bonchev–Trinajstić information content (AvgIpc) is 2.79. The van der Waals surface area contributed by atoms with Crippen LogP contribution < -0.4 is 5.32 Å². The Kier molecular flexibility index (Phi) is 4.48. The maximum absolute atomic E-state index is 12.8. The molecule has 1 aromatic carbocycles. The molecule has 0 aliphatic rings. The Hall–Kier alpha value is -2.38. The zero-order valence-corrected chi connectivity index (χ0v) is 11.6. The number of aromatic nitrogens is 2. The van der Waals surface area contributed by atoms with E-state index in [4.69, 9.17) is 0 Å². The van der Waals surface area contributed by atoms with Gasteiger partial charge in [0.15, 0.2) is 0 Å². The normalized spacial score (nSPS) is 11.5. The van der Waals surface area contributed by atoms with Crippen LogP contribution in [0.15, 0.2) is 30.3 Å². The van der Waals surface area contributed by atoms with Gasteiger partial charge in [-0.25, -0.2) is 4.39 Å². The van der Waals surface area contributed by atoms with Crippen LogP contribution in [0.2, 0.25) is 0 Å². The Morgan fingerprint density at radius 3 is 2.50 bits per heavy atom. The lowest BCUT2D eigenvalue weighted by Gasteiger charge is -2.10. The predicted molar refractivity (Wildman–Crippen MR) is 70.2 cm³/mol. The summed E-state index contributed by atoms with van der Waals surface area (Å²) in [7, 11) is 0. The van der Waals surface area contributed by atoms with E-state index in [1.54, 1.807) is 0 Å². The summed E-state index contributed by atoms with van der Waals surface area (Å²) in [6.45, 7) is 0.979. The van der Waals surface area contributed by atoms with E-state index in [1.807, 2.05) is 0 Å². The van der Waals surface area contributed by atoms with Crippen LogP contribution in [0, 0.1) is 12.7 Å². The number of aryl methyl sites for hydroxylation is 1. The van der Waals surface area contributed by atoms with Gasteiger partial charge in [-0.15, -0.1) is 0 Å². The molecule has 1 aromatic heterocycles. The molecule has 0 saturated heterocycles. The highest BCUT2D eigenvalue weighted by atomic mass is 19.4. The summed E-state index contributed by atoms with van der Waals surface area (Å²) in [5, 5.41) is 6.14. The first kappa shape index (κ1) is 16.0. The molecule has 0 radical (unpaired) electrons. The summed E-state index contributed by atoms with van der Waals surface area (Å²) in [6.07, 6.45) is -4.57. The van der Waals surface area contributed by atoms with Gasteiger partial charge in [0.2, 0.25) is 5.91 Å². The minimum atomic E-state index is -4.57. The molecule has 0 unspecified atom stereocenters. The molecule has 1 amide bonds. The van der Waals surface area contributed by atoms with Crippen LogP contribution in [-0.2, 0) is 24.1 Å². The van der Waals surface area contributed by atoms with Crippen LogP contribution in [0.1, 0.15) is 17.0 Å². The molecule has 22 heavy (non-hydrogen) atoms. The van der Waals surface area contributed by atoms with Gasteiger partial charge in [0.05, 0.1) is 5.69 Å². The Morgan fingerprint density at radius 2 is 1.91 bits per heavy atom. The summed E-state index contributed by atoms with van der Waals surface area (Å²) >= 11 is 0. The third-order valence-electron chi connectivity index (χ3n) is 2.89. The lowest BCUT2D eigenvalue weighted by atomic mass is 10.2. The Morgan fingerprint density at radius 1 is 1.27 bits per heavy atom. The predicted octanol–water partition coefficient (Wildman–Crippen LogP) is 2.67. The molecule has 0 bridgehead atoms. The third-order valence-corrected chi connectivity index (χ3v) is 2.89. The molecule has 0 spiro atoms. The van der Waals surface area contributed by atoms with Gasteiger partial charge < -0.3 is 5.32 Å². The van der Waals surface area contributed by atoms with Gasteiger partial charge in [-0.2, -0.15) is 18.3 Å². The highest BCUT2D eigenvalue weighted by Gasteiger charge is 2.35. The first-order valence-electron chi connectivity index (χ1n) is 6.38. The number of hydrogen-bond acceptors (Lipinski definition) is 2. The number of nitrogens with one attached hydrogen (secondary N) is 1. The van der Waals surface area contributed by atoms with E-state index in [0.717, 1.165) is 6.07 Å². The molecule has 118 valence electrons. The van der Waals surface area contributed by atoms with Crippen molar-refractivity contribution in [2.24, 2.45) is 0 Å². The Labute approximate surface area is 123 Å². The minimum absolute atomic E-state index is 0.0979. The number of hydrogen-bond donors (Lipinski definition) is 1. The van der Waals surface area contributed by atoms with E-state index in [9.17, 15) is 22.4 Å². The molecule has 8 heteroatoms. The number of benzene rings is 1. The number of carbonyl (C=O) groups is 1. The molecule has 4 nitrogen and oxygen atoms in total. The smallest absolute Gasteiger partial charge is 0.350 e. The molecule has 0 saturated carbocycles. The second kappa shape index (κ2) is 6.17. The summed E-state index contributed by atoms with van der Waals surface area (Å²) in [5.41, 5.74) is -0.150. The number of amides is 1. The monoisotopic (exact) mass is 315 g/mol. The number of rotatable bonds is 4. The standard InChI is InChI=1S/C14H13F4N3O/c1-9-6-12(14(16,17)18)21(20-9)8-13(22)19-7-10-2-4-11(15)5-3-10/h2-6H,7-8H2,1H3,(H,19,22). The quantitative estimate of drug-likeness (QED) is 0.882. The van der Waals surface area contributed by atoms with Gasteiger partial charge in [-0.1, -0.05) is 12.1 Å². The fourth-order valence-electron chi connectivity index (χ4n) is 1.89. The summed E-state index contributed by atoms with van der Waals surface area (Å²) < 4.78 is 51.7. The van der Waals surface area contributed by atoms with Crippen LogP contribution in [0.3, 0.4) is 0 Å². The molecular weight excluding hydrogens is 302 g/mol. The van der Waals surface area contributed by atoms with Crippen molar-refractivity contribution in [2.75, 3.05) is 0 Å². The average molecular weight is 315 g/mol. The van der Waals surface area contributed by atoms with Crippen molar-refractivity contribution in [1.82, 2.24) is 15.1 Å². The molecule has 1 N–H and O–H groups in total. The van der Waals surface area contributed by atoms with Crippen molar-refractivity contribution in [1.29, 1.82) is 0 Å². The topological polar surface area (TPSA) is 46.9 Å². The van der Waals surface area contributed by atoms with E-state index in [-0.39, 0.29) is 12.2 Å². The first-order chi connectivity index (χ1) is 10.3. The maximum Gasteiger partial charge on any atom is 0.433 e. The Balaban J connectivity index is 1.99. The van der Waals surface area contributed by atoms with E-state index < -0.39 is 30.1 Å². The van der Waals surface area contributed by atoms with E-state index in [1.165, 1.54) is 31.2 Å².